The van der Waals surface area contributed by atoms with Gasteiger partial charge in [-0.1, -0.05) is 32.0 Å². The summed E-state index contributed by atoms with van der Waals surface area (Å²) in [6, 6.07) is 8.25. The molecule has 128 valence electrons. The molecule has 1 fully saturated rings. The number of nitrogens with one attached hydrogen (secondary N) is 1. The summed E-state index contributed by atoms with van der Waals surface area (Å²) in [4.78, 5) is 14.9. The molecule has 0 spiro atoms. The molecule has 5 heteroatoms. The Kier molecular flexibility index (Phi) is 6.42. The molecule has 3 N–H and O–H groups in total. The van der Waals surface area contributed by atoms with Gasteiger partial charge >= 0.3 is 0 Å². The third-order valence-corrected chi connectivity index (χ3v) is 5.01. The fourth-order valence-corrected chi connectivity index (χ4v) is 3.09. The van der Waals surface area contributed by atoms with Crippen molar-refractivity contribution >= 4 is 11.6 Å². The number of amides is 1. The Morgan fingerprint density at radius 3 is 2.52 bits per heavy atom. The third kappa shape index (κ3) is 4.03. The van der Waals surface area contributed by atoms with Crippen LogP contribution in [0.4, 0.5) is 5.69 Å². The van der Waals surface area contributed by atoms with Crippen molar-refractivity contribution in [3.8, 4) is 0 Å². The standard InChI is InChI=1S/C18H29N3O2/c1-3-18(4-2,14-19)17(22)20-13-15-7-5-6-8-16(15)21-9-11-23-12-10-21/h5-8H,3-4,9-14,19H2,1-2H3,(H,20,22). The van der Waals surface area contributed by atoms with Gasteiger partial charge in [0.1, 0.15) is 0 Å². The van der Waals surface area contributed by atoms with Crippen LogP contribution in [0.15, 0.2) is 24.3 Å². The Morgan fingerprint density at radius 2 is 1.91 bits per heavy atom. The van der Waals surface area contributed by atoms with Crippen molar-refractivity contribution in [2.24, 2.45) is 11.1 Å². The number of morpholine rings is 1. The highest BCUT2D eigenvalue weighted by Crippen LogP contribution is 2.26. The summed E-state index contributed by atoms with van der Waals surface area (Å²) in [5, 5.41) is 3.10. The predicted octanol–water partition coefficient (Wildman–Crippen LogP) is 1.90. The van der Waals surface area contributed by atoms with Gasteiger partial charge < -0.3 is 20.7 Å². The van der Waals surface area contributed by atoms with Gasteiger partial charge in [0.2, 0.25) is 5.91 Å². The minimum atomic E-state index is -0.450. The van der Waals surface area contributed by atoms with Crippen LogP contribution in [-0.4, -0.2) is 38.8 Å². The van der Waals surface area contributed by atoms with Crippen LogP contribution in [0.1, 0.15) is 32.3 Å². The van der Waals surface area contributed by atoms with E-state index in [1.54, 1.807) is 0 Å². The maximum absolute atomic E-state index is 12.6. The Morgan fingerprint density at radius 1 is 1.26 bits per heavy atom. The number of carbonyl (C=O) groups is 1. The van der Waals surface area contributed by atoms with Gasteiger partial charge in [0.25, 0.3) is 0 Å². The lowest BCUT2D eigenvalue weighted by molar-refractivity contribution is -0.131. The van der Waals surface area contributed by atoms with Crippen molar-refractivity contribution in [3.63, 3.8) is 0 Å². The fourth-order valence-electron chi connectivity index (χ4n) is 3.09. The number of nitrogens with two attached hydrogens (primary N) is 1. The van der Waals surface area contributed by atoms with Crippen LogP contribution < -0.4 is 16.0 Å². The zero-order chi connectivity index (χ0) is 16.7. The van der Waals surface area contributed by atoms with E-state index in [2.05, 4.69) is 22.3 Å². The van der Waals surface area contributed by atoms with Crippen LogP contribution in [-0.2, 0) is 16.1 Å². The highest BCUT2D eigenvalue weighted by molar-refractivity contribution is 5.83. The minimum absolute atomic E-state index is 0.0572. The van der Waals surface area contributed by atoms with Crippen LogP contribution in [0.3, 0.4) is 0 Å². The number of hydrogen-bond donors (Lipinski definition) is 2. The summed E-state index contributed by atoms with van der Waals surface area (Å²) in [5.74, 6) is 0.0572. The number of benzene rings is 1. The van der Waals surface area contributed by atoms with Crippen LogP contribution >= 0.6 is 0 Å². The molecule has 0 atom stereocenters. The first-order valence-corrected chi connectivity index (χ1v) is 8.56. The molecule has 0 saturated carbocycles. The van der Waals surface area contributed by atoms with Crippen molar-refractivity contribution in [2.75, 3.05) is 37.7 Å². The smallest absolute Gasteiger partial charge is 0.227 e. The Hall–Kier alpha value is -1.59. The van der Waals surface area contributed by atoms with Crippen LogP contribution in [0.25, 0.3) is 0 Å². The van der Waals surface area contributed by atoms with Gasteiger partial charge in [-0.05, 0) is 24.5 Å². The number of ether oxygens (including phenoxy) is 1. The number of nitrogens with zero attached hydrogens (tertiary/aromatic N) is 1. The van der Waals surface area contributed by atoms with E-state index in [0.29, 0.717) is 13.1 Å². The van der Waals surface area contributed by atoms with Crippen LogP contribution in [0.2, 0.25) is 0 Å². The fraction of sp³-hybridized carbons (Fsp3) is 0.611. The van der Waals surface area contributed by atoms with Crippen LogP contribution in [0, 0.1) is 5.41 Å². The molecular weight excluding hydrogens is 290 g/mol. The molecule has 1 aliphatic rings. The molecule has 1 heterocycles. The molecule has 1 amide bonds. The largest absolute Gasteiger partial charge is 0.378 e. The van der Waals surface area contributed by atoms with Crippen LogP contribution in [0.5, 0.6) is 0 Å². The normalized spacial score (nSPS) is 15.5. The number of hydrogen-bond acceptors (Lipinski definition) is 4. The van der Waals surface area contributed by atoms with Gasteiger partial charge in [-0.3, -0.25) is 4.79 Å². The zero-order valence-corrected chi connectivity index (χ0v) is 14.3. The van der Waals surface area contributed by atoms with E-state index >= 15 is 0 Å². The lowest BCUT2D eigenvalue weighted by Gasteiger charge is -2.31. The van der Waals surface area contributed by atoms with Crippen molar-refractivity contribution in [1.82, 2.24) is 5.32 Å². The lowest BCUT2D eigenvalue weighted by atomic mass is 9.81. The van der Waals surface area contributed by atoms with Crippen molar-refractivity contribution in [3.05, 3.63) is 29.8 Å². The van der Waals surface area contributed by atoms with E-state index in [-0.39, 0.29) is 5.91 Å². The van der Waals surface area contributed by atoms with Gasteiger partial charge in [-0.15, -0.1) is 0 Å². The summed E-state index contributed by atoms with van der Waals surface area (Å²) < 4.78 is 5.42. The number of anilines is 1. The summed E-state index contributed by atoms with van der Waals surface area (Å²) >= 11 is 0. The summed E-state index contributed by atoms with van der Waals surface area (Å²) in [7, 11) is 0. The van der Waals surface area contributed by atoms with Crippen molar-refractivity contribution in [2.45, 2.75) is 33.2 Å². The van der Waals surface area contributed by atoms with E-state index in [9.17, 15) is 4.79 Å². The number of para-hydroxylation sites is 1. The number of carbonyl (C=O) groups excluding carboxylic acids is 1. The molecular formula is C18H29N3O2. The molecule has 0 bridgehead atoms. The SMILES string of the molecule is CCC(CC)(CN)C(=O)NCc1ccccc1N1CCOCC1. The van der Waals surface area contributed by atoms with E-state index < -0.39 is 5.41 Å². The van der Waals surface area contributed by atoms with Gasteiger partial charge in [0.05, 0.1) is 18.6 Å². The van der Waals surface area contributed by atoms with Gasteiger partial charge in [0, 0.05) is 31.9 Å². The second kappa shape index (κ2) is 8.31. The van der Waals surface area contributed by atoms with E-state index in [4.69, 9.17) is 10.5 Å². The maximum Gasteiger partial charge on any atom is 0.227 e. The average Bonchev–Trinajstić information content (AvgIpc) is 2.63. The lowest BCUT2D eigenvalue weighted by Crippen LogP contribution is -2.45. The first kappa shape index (κ1) is 17.8. The molecule has 1 saturated heterocycles. The molecule has 0 radical (unpaired) electrons. The molecule has 23 heavy (non-hydrogen) atoms. The van der Waals surface area contributed by atoms with Gasteiger partial charge in [-0.25, -0.2) is 0 Å². The molecule has 0 unspecified atom stereocenters. The summed E-state index contributed by atoms with van der Waals surface area (Å²) in [6.45, 7) is 8.26. The van der Waals surface area contributed by atoms with Gasteiger partial charge in [-0.2, -0.15) is 0 Å². The minimum Gasteiger partial charge on any atom is -0.378 e. The highest BCUT2D eigenvalue weighted by atomic mass is 16.5. The molecule has 2 rings (SSSR count). The zero-order valence-electron chi connectivity index (χ0n) is 14.3. The second-order valence-electron chi connectivity index (χ2n) is 6.10. The van der Waals surface area contributed by atoms with Gasteiger partial charge in [0.15, 0.2) is 0 Å². The summed E-state index contributed by atoms with van der Waals surface area (Å²) in [6.07, 6.45) is 1.52. The van der Waals surface area contributed by atoms with E-state index in [0.717, 1.165) is 44.7 Å². The molecule has 1 aliphatic heterocycles. The Bertz CT molecular complexity index is 500. The predicted molar refractivity (Wildman–Crippen MR) is 93.4 cm³/mol. The van der Waals surface area contributed by atoms with E-state index in [1.807, 2.05) is 26.0 Å². The Labute approximate surface area is 139 Å². The maximum atomic E-state index is 12.6. The third-order valence-electron chi connectivity index (χ3n) is 5.01. The number of rotatable bonds is 7. The molecule has 1 aromatic rings. The highest BCUT2D eigenvalue weighted by Gasteiger charge is 2.33. The second-order valence-corrected chi connectivity index (χ2v) is 6.10. The molecule has 1 aromatic carbocycles. The van der Waals surface area contributed by atoms with Crippen molar-refractivity contribution in [1.29, 1.82) is 0 Å². The molecule has 0 aliphatic carbocycles. The van der Waals surface area contributed by atoms with Crippen molar-refractivity contribution < 1.29 is 9.53 Å². The first-order chi connectivity index (χ1) is 11.2. The monoisotopic (exact) mass is 319 g/mol. The summed E-state index contributed by atoms with van der Waals surface area (Å²) in [5.41, 5.74) is 7.73. The van der Waals surface area contributed by atoms with E-state index in [1.165, 1.54) is 5.69 Å². The Balaban J connectivity index is 2.07. The molecule has 0 aromatic heterocycles. The first-order valence-electron chi connectivity index (χ1n) is 8.56. The topological polar surface area (TPSA) is 67.6 Å². The molecule has 5 nitrogen and oxygen atoms in total. The quantitative estimate of drug-likeness (QED) is 0.805. The average molecular weight is 319 g/mol.